The third kappa shape index (κ3) is 3.18. The molecule has 3 unspecified atom stereocenters. The normalized spacial score (nSPS) is 22.6. The molecule has 4 nitrogen and oxygen atoms in total. The lowest BCUT2D eigenvalue weighted by Gasteiger charge is -2.33. The molecule has 0 bridgehead atoms. The number of carboxylic acid groups (broad SMARTS) is 1. The van der Waals surface area contributed by atoms with E-state index in [1.807, 2.05) is 30.3 Å². The minimum absolute atomic E-state index is 0.0243. The quantitative estimate of drug-likeness (QED) is 0.839. The van der Waals surface area contributed by atoms with Gasteiger partial charge in [0.15, 0.2) is 0 Å². The Morgan fingerprint density at radius 1 is 1.25 bits per heavy atom. The van der Waals surface area contributed by atoms with Gasteiger partial charge in [0.25, 0.3) is 0 Å². The molecule has 0 radical (unpaired) electrons. The number of nitrogens with one attached hydrogen (secondary N) is 1. The van der Waals surface area contributed by atoms with Crippen LogP contribution in [0.4, 0.5) is 0 Å². The monoisotopic (exact) mass is 275 g/mol. The van der Waals surface area contributed by atoms with Gasteiger partial charge in [-0.05, 0) is 24.8 Å². The third-order valence-electron chi connectivity index (χ3n) is 4.02. The number of rotatable bonds is 6. The molecule has 4 heteroatoms. The van der Waals surface area contributed by atoms with Crippen molar-refractivity contribution in [2.45, 2.75) is 38.6 Å². The van der Waals surface area contributed by atoms with Crippen molar-refractivity contribution in [3.05, 3.63) is 35.9 Å². The number of carbonyl (C=O) groups is 2. The zero-order valence-electron chi connectivity index (χ0n) is 11.7. The van der Waals surface area contributed by atoms with Gasteiger partial charge in [-0.15, -0.1) is 0 Å². The van der Waals surface area contributed by atoms with Crippen LogP contribution in [-0.2, 0) is 9.59 Å². The minimum Gasteiger partial charge on any atom is -0.481 e. The highest BCUT2D eigenvalue weighted by molar-refractivity contribution is 5.86. The van der Waals surface area contributed by atoms with Crippen molar-refractivity contribution in [1.82, 2.24) is 5.32 Å². The first-order chi connectivity index (χ1) is 9.63. The molecule has 3 atom stereocenters. The van der Waals surface area contributed by atoms with Crippen LogP contribution >= 0.6 is 0 Å². The molecular formula is C16H21NO3. The number of benzene rings is 1. The smallest absolute Gasteiger partial charge is 0.307 e. The zero-order chi connectivity index (χ0) is 14.5. The van der Waals surface area contributed by atoms with Gasteiger partial charge in [-0.25, -0.2) is 0 Å². The molecule has 2 N–H and O–H groups in total. The molecule has 1 aromatic carbocycles. The lowest BCUT2D eigenvalue weighted by atomic mass is 9.73. The van der Waals surface area contributed by atoms with E-state index in [1.54, 1.807) is 0 Å². The van der Waals surface area contributed by atoms with Crippen LogP contribution in [0.25, 0.3) is 0 Å². The highest BCUT2D eigenvalue weighted by Gasteiger charge is 2.41. The van der Waals surface area contributed by atoms with Crippen LogP contribution < -0.4 is 5.32 Å². The molecule has 20 heavy (non-hydrogen) atoms. The van der Waals surface area contributed by atoms with Crippen LogP contribution in [0.5, 0.6) is 0 Å². The second-order valence-electron chi connectivity index (χ2n) is 5.39. The molecule has 1 fully saturated rings. The second-order valence-corrected chi connectivity index (χ2v) is 5.39. The Morgan fingerprint density at radius 2 is 1.90 bits per heavy atom. The Balaban J connectivity index is 2.02. The topological polar surface area (TPSA) is 66.4 Å². The van der Waals surface area contributed by atoms with Crippen LogP contribution in [0, 0.1) is 11.8 Å². The van der Waals surface area contributed by atoms with Crippen molar-refractivity contribution >= 4 is 11.9 Å². The third-order valence-corrected chi connectivity index (χ3v) is 4.02. The summed E-state index contributed by atoms with van der Waals surface area (Å²) in [6.45, 7) is 2.07. The molecule has 1 saturated carbocycles. The molecule has 108 valence electrons. The molecule has 1 aliphatic carbocycles. The molecule has 2 rings (SSSR count). The number of carbonyl (C=O) groups excluding carboxylic acids is 1. The summed E-state index contributed by atoms with van der Waals surface area (Å²) in [5.74, 6) is -1.85. The predicted molar refractivity (Wildman–Crippen MR) is 76.1 cm³/mol. The minimum atomic E-state index is -0.858. The van der Waals surface area contributed by atoms with E-state index in [2.05, 4.69) is 12.2 Å². The van der Waals surface area contributed by atoms with Gasteiger partial charge in [-0.2, -0.15) is 0 Å². The Kier molecular flexibility index (Phi) is 4.77. The van der Waals surface area contributed by atoms with Crippen molar-refractivity contribution in [2.75, 3.05) is 0 Å². The fraction of sp³-hybridized carbons (Fsp3) is 0.500. The molecular weight excluding hydrogens is 254 g/mol. The summed E-state index contributed by atoms with van der Waals surface area (Å²) in [6, 6.07) is 9.82. The molecule has 0 spiro atoms. The van der Waals surface area contributed by atoms with Crippen molar-refractivity contribution < 1.29 is 14.7 Å². The first-order valence-electron chi connectivity index (χ1n) is 7.21. The lowest BCUT2D eigenvalue weighted by molar-refractivity contribution is -0.153. The first kappa shape index (κ1) is 14.6. The maximum absolute atomic E-state index is 12.2. The first-order valence-corrected chi connectivity index (χ1v) is 7.21. The van der Waals surface area contributed by atoms with E-state index < -0.39 is 11.9 Å². The Bertz CT molecular complexity index is 472. The molecule has 0 aliphatic heterocycles. The Morgan fingerprint density at radius 3 is 2.40 bits per heavy atom. The molecule has 1 aromatic rings. The van der Waals surface area contributed by atoms with Crippen LogP contribution in [0.2, 0.25) is 0 Å². The number of carboxylic acids is 1. The molecule has 1 amide bonds. The standard InChI is InChI=1S/C16H21NO3/c1-2-6-14(11-7-4-3-5-8-11)17-15(18)12-9-10-13(12)16(19)20/h3-5,7-8,12-14H,2,6,9-10H2,1H3,(H,17,18)(H,19,20). The van der Waals surface area contributed by atoms with E-state index in [9.17, 15) is 9.59 Å². The number of hydrogen-bond acceptors (Lipinski definition) is 2. The largest absolute Gasteiger partial charge is 0.481 e. The van der Waals surface area contributed by atoms with Gasteiger partial charge in [0.2, 0.25) is 5.91 Å². The molecule has 0 heterocycles. The average molecular weight is 275 g/mol. The van der Waals surface area contributed by atoms with Crippen LogP contribution in [0.1, 0.15) is 44.2 Å². The van der Waals surface area contributed by atoms with E-state index in [4.69, 9.17) is 5.11 Å². The van der Waals surface area contributed by atoms with E-state index in [0.717, 1.165) is 18.4 Å². The van der Waals surface area contributed by atoms with E-state index in [-0.39, 0.29) is 17.9 Å². The molecule has 0 saturated heterocycles. The number of aliphatic carboxylic acids is 1. The Labute approximate surface area is 119 Å². The highest BCUT2D eigenvalue weighted by atomic mass is 16.4. The highest BCUT2D eigenvalue weighted by Crippen LogP contribution is 2.35. The summed E-state index contributed by atoms with van der Waals surface area (Å²) in [7, 11) is 0. The maximum Gasteiger partial charge on any atom is 0.307 e. The van der Waals surface area contributed by atoms with Gasteiger partial charge in [-0.1, -0.05) is 43.7 Å². The summed E-state index contributed by atoms with van der Waals surface area (Å²) >= 11 is 0. The van der Waals surface area contributed by atoms with Gasteiger partial charge in [0, 0.05) is 0 Å². The summed E-state index contributed by atoms with van der Waals surface area (Å²) in [5.41, 5.74) is 1.08. The van der Waals surface area contributed by atoms with Gasteiger partial charge in [0.1, 0.15) is 0 Å². The second kappa shape index (κ2) is 6.55. The molecule has 1 aliphatic rings. The number of amides is 1. The van der Waals surface area contributed by atoms with E-state index >= 15 is 0 Å². The summed E-state index contributed by atoms with van der Waals surface area (Å²) in [4.78, 5) is 23.2. The molecule has 0 aromatic heterocycles. The zero-order valence-corrected chi connectivity index (χ0v) is 11.7. The van der Waals surface area contributed by atoms with E-state index in [0.29, 0.717) is 12.8 Å². The van der Waals surface area contributed by atoms with Gasteiger partial charge in [0.05, 0.1) is 17.9 Å². The Hall–Kier alpha value is -1.84. The fourth-order valence-corrected chi connectivity index (χ4v) is 2.68. The summed E-state index contributed by atoms with van der Waals surface area (Å²) < 4.78 is 0. The van der Waals surface area contributed by atoms with Crippen LogP contribution in [0.15, 0.2) is 30.3 Å². The van der Waals surface area contributed by atoms with Crippen molar-refractivity contribution in [3.8, 4) is 0 Å². The van der Waals surface area contributed by atoms with E-state index in [1.165, 1.54) is 0 Å². The average Bonchev–Trinajstić information content (AvgIpc) is 2.37. The summed E-state index contributed by atoms with van der Waals surface area (Å²) in [5, 5.41) is 12.0. The predicted octanol–water partition coefficient (Wildman–Crippen LogP) is 2.75. The lowest BCUT2D eigenvalue weighted by Crippen LogP contribution is -2.45. The van der Waals surface area contributed by atoms with Crippen LogP contribution in [0.3, 0.4) is 0 Å². The van der Waals surface area contributed by atoms with Crippen LogP contribution in [-0.4, -0.2) is 17.0 Å². The number of hydrogen-bond donors (Lipinski definition) is 2. The van der Waals surface area contributed by atoms with Gasteiger partial charge >= 0.3 is 5.97 Å². The van der Waals surface area contributed by atoms with Crippen molar-refractivity contribution in [1.29, 1.82) is 0 Å². The van der Waals surface area contributed by atoms with Gasteiger partial charge < -0.3 is 10.4 Å². The van der Waals surface area contributed by atoms with Crippen molar-refractivity contribution in [3.63, 3.8) is 0 Å². The van der Waals surface area contributed by atoms with Gasteiger partial charge in [-0.3, -0.25) is 9.59 Å². The maximum atomic E-state index is 12.2. The fourth-order valence-electron chi connectivity index (χ4n) is 2.68. The van der Waals surface area contributed by atoms with Crippen molar-refractivity contribution in [2.24, 2.45) is 11.8 Å². The summed E-state index contributed by atoms with van der Waals surface area (Å²) in [6.07, 6.45) is 3.11. The SMILES string of the molecule is CCCC(NC(=O)C1CCC1C(=O)O)c1ccccc1.